The maximum Gasteiger partial charge on any atom is 0.163 e. The number of hydrogen-bond acceptors (Lipinski definition) is 5. The minimum atomic E-state index is 0.0657. The maximum absolute atomic E-state index is 9.11. The normalized spacial score (nSPS) is 16.5. The van der Waals surface area contributed by atoms with E-state index in [2.05, 4.69) is 26.9 Å². The monoisotopic (exact) mass is 289 g/mol. The summed E-state index contributed by atoms with van der Waals surface area (Å²) in [6.45, 7) is 3.66. The number of rotatable bonds is 5. The molecule has 0 saturated heterocycles. The molecular weight excluding hydrogens is 266 g/mol. The summed E-state index contributed by atoms with van der Waals surface area (Å²) < 4.78 is 1.75. The highest BCUT2D eigenvalue weighted by molar-refractivity contribution is 5.86. The van der Waals surface area contributed by atoms with Crippen molar-refractivity contribution in [1.29, 1.82) is 0 Å². The summed E-state index contributed by atoms with van der Waals surface area (Å²) in [4.78, 5) is 11.3. The molecule has 0 aromatic carbocycles. The van der Waals surface area contributed by atoms with E-state index in [0.717, 1.165) is 23.4 Å². The molecule has 0 spiro atoms. The standard InChI is InChI=1S/C15H23N5O/c1-2-19(12-6-4-3-5-7-12)14-13-10-18-20(8-9-21)15(13)17-11-16-14/h10-12,21H,2-9H2,1H3. The van der Waals surface area contributed by atoms with E-state index in [9.17, 15) is 0 Å². The van der Waals surface area contributed by atoms with Crippen LogP contribution in [-0.4, -0.2) is 44.0 Å². The Hall–Kier alpha value is -1.69. The molecule has 114 valence electrons. The number of anilines is 1. The van der Waals surface area contributed by atoms with Gasteiger partial charge in [-0.1, -0.05) is 19.3 Å². The molecule has 2 aromatic heterocycles. The molecule has 1 fully saturated rings. The molecule has 6 nitrogen and oxygen atoms in total. The van der Waals surface area contributed by atoms with Gasteiger partial charge in [-0.3, -0.25) is 0 Å². The third kappa shape index (κ3) is 2.72. The van der Waals surface area contributed by atoms with Gasteiger partial charge in [-0.15, -0.1) is 0 Å². The summed E-state index contributed by atoms with van der Waals surface area (Å²) in [6, 6.07) is 0.572. The summed E-state index contributed by atoms with van der Waals surface area (Å²) in [5, 5.41) is 14.4. The van der Waals surface area contributed by atoms with Crippen molar-refractivity contribution in [1.82, 2.24) is 19.7 Å². The van der Waals surface area contributed by atoms with Crippen LogP contribution in [-0.2, 0) is 6.54 Å². The lowest BCUT2D eigenvalue weighted by Crippen LogP contribution is -2.37. The number of aliphatic hydroxyl groups excluding tert-OH is 1. The van der Waals surface area contributed by atoms with Crippen molar-refractivity contribution in [2.75, 3.05) is 18.1 Å². The maximum atomic E-state index is 9.11. The fraction of sp³-hybridized carbons (Fsp3) is 0.667. The summed E-state index contributed by atoms with van der Waals surface area (Å²) >= 11 is 0. The lowest BCUT2D eigenvalue weighted by molar-refractivity contribution is 0.271. The van der Waals surface area contributed by atoms with E-state index < -0.39 is 0 Å². The molecule has 2 heterocycles. The number of hydrogen-bond donors (Lipinski definition) is 1. The molecule has 0 unspecified atom stereocenters. The number of fused-ring (bicyclic) bond motifs is 1. The molecule has 0 bridgehead atoms. The zero-order chi connectivity index (χ0) is 14.7. The van der Waals surface area contributed by atoms with Crippen molar-refractivity contribution in [2.45, 2.75) is 51.6 Å². The third-order valence-corrected chi connectivity index (χ3v) is 4.35. The Morgan fingerprint density at radius 3 is 2.81 bits per heavy atom. The van der Waals surface area contributed by atoms with Crippen molar-refractivity contribution in [3.63, 3.8) is 0 Å². The fourth-order valence-electron chi connectivity index (χ4n) is 3.34. The molecule has 6 heteroatoms. The van der Waals surface area contributed by atoms with E-state index in [0.29, 0.717) is 12.6 Å². The summed E-state index contributed by atoms with van der Waals surface area (Å²) in [5.41, 5.74) is 0.809. The Morgan fingerprint density at radius 1 is 1.29 bits per heavy atom. The van der Waals surface area contributed by atoms with Gasteiger partial charge in [0.05, 0.1) is 24.7 Å². The first-order chi connectivity index (χ1) is 10.3. The molecule has 1 saturated carbocycles. The van der Waals surface area contributed by atoms with Crippen LogP contribution in [0.2, 0.25) is 0 Å². The van der Waals surface area contributed by atoms with Crippen LogP contribution in [0.5, 0.6) is 0 Å². The van der Waals surface area contributed by atoms with Crippen LogP contribution >= 0.6 is 0 Å². The molecule has 21 heavy (non-hydrogen) atoms. The van der Waals surface area contributed by atoms with Gasteiger partial charge in [-0.2, -0.15) is 5.10 Å². The van der Waals surface area contributed by atoms with Crippen LogP contribution in [0.3, 0.4) is 0 Å². The van der Waals surface area contributed by atoms with Crippen molar-refractivity contribution in [3.8, 4) is 0 Å². The fourth-order valence-corrected chi connectivity index (χ4v) is 3.34. The van der Waals surface area contributed by atoms with Crippen molar-refractivity contribution >= 4 is 16.9 Å². The zero-order valence-electron chi connectivity index (χ0n) is 12.6. The van der Waals surface area contributed by atoms with Crippen LogP contribution in [0.25, 0.3) is 11.0 Å². The molecule has 1 N–H and O–H groups in total. The highest BCUT2D eigenvalue weighted by Gasteiger charge is 2.23. The Bertz CT molecular complexity index is 591. The quantitative estimate of drug-likeness (QED) is 0.911. The number of aliphatic hydroxyl groups is 1. The molecule has 3 rings (SSSR count). The number of nitrogens with zero attached hydrogens (tertiary/aromatic N) is 5. The summed E-state index contributed by atoms with van der Waals surface area (Å²) in [6.07, 6.45) is 9.87. The van der Waals surface area contributed by atoms with Gasteiger partial charge in [0.25, 0.3) is 0 Å². The van der Waals surface area contributed by atoms with Crippen molar-refractivity contribution < 1.29 is 5.11 Å². The molecule has 0 radical (unpaired) electrons. The Kier molecular flexibility index (Phi) is 4.34. The van der Waals surface area contributed by atoms with E-state index in [1.165, 1.54) is 32.1 Å². The van der Waals surface area contributed by atoms with Crippen LogP contribution in [0.1, 0.15) is 39.0 Å². The molecule has 0 atom stereocenters. The molecule has 2 aromatic rings. The SMILES string of the molecule is CCN(c1ncnc2c1cnn2CCO)C1CCCCC1. The summed E-state index contributed by atoms with van der Waals surface area (Å²) in [7, 11) is 0. The van der Waals surface area contributed by atoms with Gasteiger partial charge >= 0.3 is 0 Å². The second-order valence-corrected chi connectivity index (χ2v) is 5.60. The largest absolute Gasteiger partial charge is 0.394 e. The van der Waals surface area contributed by atoms with Crippen LogP contribution in [0.15, 0.2) is 12.5 Å². The first-order valence-corrected chi connectivity index (χ1v) is 7.89. The second-order valence-electron chi connectivity index (χ2n) is 5.60. The molecule has 0 amide bonds. The highest BCUT2D eigenvalue weighted by atomic mass is 16.3. The van der Waals surface area contributed by atoms with Gasteiger partial charge in [0.1, 0.15) is 12.1 Å². The average Bonchev–Trinajstić information content (AvgIpc) is 2.94. The second kappa shape index (κ2) is 6.39. The van der Waals surface area contributed by atoms with Crippen LogP contribution in [0.4, 0.5) is 5.82 Å². The lowest BCUT2D eigenvalue weighted by Gasteiger charge is -2.34. The van der Waals surface area contributed by atoms with Crippen molar-refractivity contribution in [2.24, 2.45) is 0 Å². The van der Waals surface area contributed by atoms with E-state index in [4.69, 9.17) is 5.11 Å². The van der Waals surface area contributed by atoms with Gasteiger partial charge in [0.15, 0.2) is 5.65 Å². The molecule has 1 aliphatic carbocycles. The van der Waals surface area contributed by atoms with Crippen LogP contribution in [0, 0.1) is 0 Å². The zero-order valence-corrected chi connectivity index (χ0v) is 12.6. The smallest absolute Gasteiger partial charge is 0.163 e. The van der Waals surface area contributed by atoms with E-state index in [1.54, 1.807) is 11.0 Å². The Balaban J connectivity index is 1.97. The van der Waals surface area contributed by atoms with Crippen molar-refractivity contribution in [3.05, 3.63) is 12.5 Å². The van der Waals surface area contributed by atoms with Crippen LogP contribution < -0.4 is 4.90 Å². The molecule has 0 aliphatic heterocycles. The minimum Gasteiger partial charge on any atom is -0.394 e. The minimum absolute atomic E-state index is 0.0657. The highest BCUT2D eigenvalue weighted by Crippen LogP contribution is 2.29. The lowest BCUT2D eigenvalue weighted by atomic mass is 9.94. The van der Waals surface area contributed by atoms with E-state index in [1.807, 2.05) is 6.20 Å². The topological polar surface area (TPSA) is 67.1 Å². The summed E-state index contributed by atoms with van der Waals surface area (Å²) in [5.74, 6) is 0.985. The third-order valence-electron chi connectivity index (χ3n) is 4.35. The van der Waals surface area contributed by atoms with E-state index >= 15 is 0 Å². The Morgan fingerprint density at radius 2 is 2.10 bits per heavy atom. The molecule has 1 aliphatic rings. The predicted octanol–water partition coefficient (Wildman–Crippen LogP) is 1.98. The average molecular weight is 289 g/mol. The van der Waals surface area contributed by atoms with Gasteiger partial charge in [0.2, 0.25) is 0 Å². The first-order valence-electron chi connectivity index (χ1n) is 7.89. The first kappa shape index (κ1) is 14.3. The van der Waals surface area contributed by atoms with Gasteiger partial charge in [0, 0.05) is 12.6 Å². The van der Waals surface area contributed by atoms with Gasteiger partial charge in [-0.25, -0.2) is 14.6 Å². The molecular formula is C15H23N5O. The van der Waals surface area contributed by atoms with Gasteiger partial charge < -0.3 is 10.0 Å². The van der Waals surface area contributed by atoms with Gasteiger partial charge in [-0.05, 0) is 19.8 Å². The predicted molar refractivity (Wildman–Crippen MR) is 82.3 cm³/mol. The Labute approximate surface area is 124 Å². The van der Waals surface area contributed by atoms with E-state index in [-0.39, 0.29) is 6.61 Å². The number of aromatic nitrogens is 4.